The summed E-state index contributed by atoms with van der Waals surface area (Å²) in [5, 5.41) is 77.6. The number of nitrogens with zero attached hydrogens (tertiary/aromatic N) is 2. The number of likely N-dealkylation sites (tertiary alicyclic amines) is 1. The van der Waals surface area contributed by atoms with Crippen molar-refractivity contribution in [3.8, 4) is 5.75 Å². The van der Waals surface area contributed by atoms with Gasteiger partial charge in [0.2, 0.25) is 5.72 Å². The topological polar surface area (TPSA) is 186 Å². The number of hydrogen-bond donors (Lipinski definition) is 8. The van der Waals surface area contributed by atoms with Gasteiger partial charge in [-0.25, -0.2) is 4.39 Å². The minimum absolute atomic E-state index is 0.0551. The standard InChI is InChI=1S/C30H36FN3O9.2C2H6/c1-16-11-17(2)13-33(12-16)14-20-7-5-8-21(25(20)31)15-43-23-10-6-9-22-18(3)34(29(39,40)24(22)23)27(36)19(4)32-26(35)28(37,38)30(27,41)42;2*1-2/h5-10,16-17,36-42H,3-4,11-15H2,1-2H3,(H,32,35);2*1-2H3. The summed E-state index contributed by atoms with van der Waals surface area (Å²) in [4.78, 5) is 14.4. The van der Waals surface area contributed by atoms with E-state index in [1.54, 1.807) is 17.4 Å². The van der Waals surface area contributed by atoms with Crippen molar-refractivity contribution in [2.45, 2.75) is 84.3 Å². The van der Waals surface area contributed by atoms with Crippen LogP contribution in [-0.4, -0.2) is 81.8 Å². The van der Waals surface area contributed by atoms with Crippen molar-refractivity contribution < 1.29 is 49.7 Å². The first-order valence-electron chi connectivity index (χ1n) is 15.8. The molecule has 2 aromatic rings. The molecule has 1 amide bonds. The van der Waals surface area contributed by atoms with Crippen LogP contribution in [0.1, 0.15) is 70.2 Å². The molecule has 5 rings (SSSR count). The maximum Gasteiger partial charge on any atom is 0.306 e. The van der Waals surface area contributed by atoms with E-state index in [2.05, 4.69) is 31.9 Å². The van der Waals surface area contributed by atoms with E-state index < -0.39 is 51.9 Å². The first-order chi connectivity index (χ1) is 21.9. The molecular formula is C34H48FN3O9. The number of ether oxygens (including phenoxy) is 1. The number of piperidine rings is 2. The SMILES string of the molecule is C=C1c2cccc(OCc3cccc(CN4CC(C)CC(C)C4)c3F)c2C(O)(O)N1C1(O)C(=C)NC(=O)C(O)(O)C1(O)O.CC.CC. The third-order valence-corrected chi connectivity index (χ3v) is 8.43. The zero-order valence-corrected chi connectivity index (χ0v) is 27.8. The summed E-state index contributed by atoms with van der Waals surface area (Å²) in [6.45, 7) is 21.2. The third-order valence-electron chi connectivity index (χ3n) is 8.43. The molecule has 3 aliphatic heterocycles. The Bertz CT molecular complexity index is 1490. The Hall–Kier alpha value is -3.40. The monoisotopic (exact) mass is 661 g/mol. The van der Waals surface area contributed by atoms with E-state index in [-0.39, 0.29) is 28.4 Å². The van der Waals surface area contributed by atoms with Crippen LogP contribution in [0.3, 0.4) is 0 Å². The van der Waals surface area contributed by atoms with Gasteiger partial charge in [-0.1, -0.05) is 85.0 Å². The van der Waals surface area contributed by atoms with Gasteiger partial charge in [0, 0.05) is 42.0 Å². The Labute approximate surface area is 274 Å². The molecule has 0 spiro atoms. The normalized spacial score (nSPS) is 25.9. The second-order valence-electron chi connectivity index (χ2n) is 11.9. The van der Waals surface area contributed by atoms with Crippen molar-refractivity contribution in [3.63, 3.8) is 0 Å². The molecule has 12 nitrogen and oxygen atoms in total. The van der Waals surface area contributed by atoms with Crippen LogP contribution in [-0.2, 0) is 23.9 Å². The summed E-state index contributed by atoms with van der Waals surface area (Å²) < 4.78 is 21.4. The molecule has 2 aromatic carbocycles. The van der Waals surface area contributed by atoms with Crippen molar-refractivity contribution in [3.05, 3.63) is 83.3 Å². The fourth-order valence-corrected chi connectivity index (χ4v) is 6.48. The largest absolute Gasteiger partial charge is 0.488 e. The molecule has 3 aliphatic rings. The van der Waals surface area contributed by atoms with Crippen molar-refractivity contribution in [2.24, 2.45) is 11.8 Å². The molecule has 8 N–H and O–H groups in total. The van der Waals surface area contributed by atoms with Crippen LogP contribution in [0.15, 0.2) is 55.3 Å². The molecule has 0 radical (unpaired) electrons. The van der Waals surface area contributed by atoms with Crippen molar-refractivity contribution in [1.29, 1.82) is 0 Å². The highest BCUT2D eigenvalue weighted by Crippen LogP contribution is 2.54. The molecule has 0 bridgehead atoms. The van der Waals surface area contributed by atoms with E-state index in [4.69, 9.17) is 4.74 Å². The van der Waals surface area contributed by atoms with Crippen LogP contribution in [0.4, 0.5) is 4.39 Å². The molecule has 2 fully saturated rings. The Kier molecular flexibility index (Phi) is 11.3. The van der Waals surface area contributed by atoms with Gasteiger partial charge >= 0.3 is 5.79 Å². The number of aliphatic hydroxyl groups is 7. The fourth-order valence-electron chi connectivity index (χ4n) is 6.48. The minimum Gasteiger partial charge on any atom is -0.488 e. The number of fused-ring (bicyclic) bond motifs is 1. The fraction of sp³-hybridized carbons (Fsp3) is 0.500. The summed E-state index contributed by atoms with van der Waals surface area (Å²) in [6.07, 6.45) is 1.12. The molecule has 13 heteroatoms. The molecule has 260 valence electrons. The predicted octanol–water partition coefficient (Wildman–Crippen LogP) is 2.01. The maximum atomic E-state index is 15.6. The molecular weight excluding hydrogens is 613 g/mol. The van der Waals surface area contributed by atoms with Gasteiger partial charge < -0.3 is 45.8 Å². The summed E-state index contributed by atoms with van der Waals surface area (Å²) >= 11 is 0. The quantitative estimate of drug-likeness (QED) is 0.212. The minimum atomic E-state index is -4.16. The summed E-state index contributed by atoms with van der Waals surface area (Å²) in [5.74, 6) is -12.9. The van der Waals surface area contributed by atoms with Gasteiger partial charge in [-0.05, 0) is 24.3 Å². The molecule has 3 atom stereocenters. The number of halogens is 1. The van der Waals surface area contributed by atoms with Gasteiger partial charge in [0.15, 0.2) is 0 Å². The number of nitrogens with one attached hydrogen (secondary N) is 1. The molecule has 3 unspecified atom stereocenters. The van der Waals surface area contributed by atoms with Gasteiger partial charge in [0.1, 0.15) is 18.2 Å². The Balaban J connectivity index is 0.00000144. The highest BCUT2D eigenvalue weighted by Gasteiger charge is 2.76. The van der Waals surface area contributed by atoms with E-state index >= 15 is 4.39 Å². The lowest BCUT2D eigenvalue weighted by atomic mass is 9.84. The number of carbonyl (C=O) groups is 1. The first-order valence-corrected chi connectivity index (χ1v) is 15.8. The number of benzene rings is 2. The zero-order chi connectivity index (χ0) is 35.7. The van der Waals surface area contributed by atoms with Gasteiger partial charge in [-0.2, -0.15) is 0 Å². The molecule has 2 saturated heterocycles. The zero-order valence-electron chi connectivity index (χ0n) is 27.8. The Morgan fingerprint density at radius 1 is 0.915 bits per heavy atom. The van der Waals surface area contributed by atoms with Crippen molar-refractivity contribution in [2.75, 3.05) is 13.1 Å². The van der Waals surface area contributed by atoms with Gasteiger partial charge in [-0.3, -0.25) is 14.6 Å². The van der Waals surface area contributed by atoms with E-state index in [0.717, 1.165) is 19.5 Å². The van der Waals surface area contributed by atoms with Crippen LogP contribution in [0.2, 0.25) is 0 Å². The molecule has 0 aliphatic carbocycles. The summed E-state index contributed by atoms with van der Waals surface area (Å²) in [7, 11) is 0. The van der Waals surface area contributed by atoms with Gasteiger partial charge in [-0.15, -0.1) is 0 Å². The first kappa shape index (κ1) is 38.1. The second kappa shape index (κ2) is 14.0. The van der Waals surface area contributed by atoms with Crippen LogP contribution >= 0.6 is 0 Å². The van der Waals surface area contributed by atoms with Crippen LogP contribution in [0.5, 0.6) is 5.75 Å². The number of amides is 1. The lowest BCUT2D eigenvalue weighted by molar-refractivity contribution is -0.438. The summed E-state index contributed by atoms with van der Waals surface area (Å²) in [6, 6.07) is 9.06. The lowest BCUT2D eigenvalue weighted by Crippen LogP contribution is -2.83. The smallest absolute Gasteiger partial charge is 0.306 e. The van der Waals surface area contributed by atoms with Crippen molar-refractivity contribution >= 4 is 11.6 Å². The molecule has 47 heavy (non-hydrogen) atoms. The van der Waals surface area contributed by atoms with E-state index in [1.807, 2.05) is 27.7 Å². The van der Waals surface area contributed by atoms with Crippen molar-refractivity contribution in [1.82, 2.24) is 15.1 Å². The average Bonchev–Trinajstić information content (AvgIpc) is 3.22. The predicted molar refractivity (Wildman–Crippen MR) is 172 cm³/mol. The maximum absolute atomic E-state index is 15.6. The second-order valence-corrected chi connectivity index (χ2v) is 11.9. The van der Waals surface area contributed by atoms with E-state index in [1.165, 1.54) is 24.3 Å². The Morgan fingerprint density at radius 2 is 1.47 bits per heavy atom. The summed E-state index contributed by atoms with van der Waals surface area (Å²) in [5.41, 5.74) is -4.72. The van der Waals surface area contributed by atoms with Gasteiger partial charge in [0.25, 0.3) is 17.6 Å². The van der Waals surface area contributed by atoms with Crippen LogP contribution in [0.25, 0.3) is 5.70 Å². The molecule has 3 heterocycles. The molecule has 0 aromatic heterocycles. The average molecular weight is 662 g/mol. The van der Waals surface area contributed by atoms with E-state index in [9.17, 15) is 40.5 Å². The highest BCUT2D eigenvalue weighted by atomic mass is 19.1. The van der Waals surface area contributed by atoms with Crippen LogP contribution < -0.4 is 10.1 Å². The third kappa shape index (κ3) is 6.30. The Morgan fingerprint density at radius 3 is 2.06 bits per heavy atom. The number of rotatable bonds is 6. The highest BCUT2D eigenvalue weighted by molar-refractivity contribution is 5.88. The number of hydrogen-bond acceptors (Lipinski definition) is 11. The van der Waals surface area contributed by atoms with Gasteiger partial charge in [0.05, 0.1) is 11.3 Å². The van der Waals surface area contributed by atoms with Crippen LogP contribution in [0, 0.1) is 17.7 Å². The lowest BCUT2D eigenvalue weighted by Gasteiger charge is -2.55. The number of carbonyl (C=O) groups excluding carboxylic acids is 1. The molecule has 0 saturated carbocycles. The van der Waals surface area contributed by atoms with E-state index in [0.29, 0.717) is 23.9 Å².